The van der Waals surface area contributed by atoms with Gasteiger partial charge in [0.15, 0.2) is 5.82 Å². The predicted molar refractivity (Wildman–Crippen MR) is 118 cm³/mol. The number of carbonyl (C=O) groups excluding carboxylic acids is 1. The van der Waals surface area contributed by atoms with Crippen LogP contribution in [-0.4, -0.2) is 58.1 Å². The van der Waals surface area contributed by atoms with Gasteiger partial charge in [-0.2, -0.15) is 4.98 Å². The third-order valence-electron chi connectivity index (χ3n) is 5.65. The molecule has 0 radical (unpaired) electrons. The molecule has 0 spiro atoms. The Morgan fingerprint density at radius 2 is 2.06 bits per heavy atom. The van der Waals surface area contributed by atoms with Crippen LogP contribution in [0.25, 0.3) is 11.1 Å². The van der Waals surface area contributed by atoms with Crippen molar-refractivity contribution in [3.8, 4) is 11.1 Å². The number of aryl methyl sites for hydroxylation is 2. The smallest absolute Gasteiger partial charge is 0.227 e. The molecule has 1 saturated heterocycles. The molecule has 0 bridgehead atoms. The fourth-order valence-electron chi connectivity index (χ4n) is 4.04. The lowest BCUT2D eigenvalue weighted by molar-refractivity contribution is -0.132. The molecule has 0 N–H and O–H groups in total. The van der Waals surface area contributed by atoms with E-state index in [1.807, 2.05) is 23.9 Å². The Hall–Kier alpha value is -3.36. The Labute approximate surface area is 186 Å². The number of amides is 1. The Morgan fingerprint density at radius 3 is 2.78 bits per heavy atom. The van der Waals surface area contributed by atoms with Crippen LogP contribution in [0.1, 0.15) is 42.6 Å². The molecule has 168 valence electrons. The van der Waals surface area contributed by atoms with Crippen LogP contribution in [0, 0.1) is 12.7 Å². The van der Waals surface area contributed by atoms with Gasteiger partial charge in [0.1, 0.15) is 5.82 Å². The largest absolute Gasteiger partial charge is 0.347 e. The van der Waals surface area contributed by atoms with Crippen molar-refractivity contribution in [2.75, 3.05) is 32.1 Å². The predicted octanol–water partition coefficient (Wildman–Crippen LogP) is 3.38. The van der Waals surface area contributed by atoms with Crippen LogP contribution in [0.4, 0.5) is 10.3 Å². The van der Waals surface area contributed by atoms with Gasteiger partial charge in [-0.05, 0) is 25.8 Å². The number of piperidine rings is 1. The van der Waals surface area contributed by atoms with Gasteiger partial charge in [-0.25, -0.2) is 14.4 Å². The van der Waals surface area contributed by atoms with E-state index >= 15 is 0 Å². The Balaban J connectivity index is 1.57. The van der Waals surface area contributed by atoms with E-state index in [1.54, 1.807) is 31.3 Å². The van der Waals surface area contributed by atoms with E-state index in [-0.39, 0.29) is 17.6 Å². The second-order valence-electron chi connectivity index (χ2n) is 8.26. The zero-order valence-corrected chi connectivity index (χ0v) is 18.6. The molecule has 0 aliphatic carbocycles. The van der Waals surface area contributed by atoms with Gasteiger partial charge in [-0.15, -0.1) is 0 Å². The standard InChI is InChI=1S/C23H27FN6O2/c1-15-26-20(32-28-15)10-11-21(31)30-12-6-7-16(14-30)22-18(13-25-23(27-22)29(2)3)17-8-4-5-9-19(17)24/h4-5,8-9,13,16H,6-7,10-12,14H2,1-3H3/t16-/m0/s1. The highest BCUT2D eigenvalue weighted by atomic mass is 19.1. The van der Waals surface area contributed by atoms with Crippen LogP contribution in [0.15, 0.2) is 35.0 Å². The van der Waals surface area contributed by atoms with Crippen molar-refractivity contribution in [3.63, 3.8) is 0 Å². The topological polar surface area (TPSA) is 88.3 Å². The summed E-state index contributed by atoms with van der Waals surface area (Å²) in [6.07, 6.45) is 4.14. The summed E-state index contributed by atoms with van der Waals surface area (Å²) in [5.74, 6) is 1.32. The van der Waals surface area contributed by atoms with Crippen LogP contribution < -0.4 is 4.90 Å². The molecule has 3 aromatic rings. The van der Waals surface area contributed by atoms with E-state index in [1.165, 1.54) is 6.07 Å². The van der Waals surface area contributed by atoms with Crippen molar-refractivity contribution in [1.29, 1.82) is 0 Å². The van der Waals surface area contributed by atoms with E-state index in [2.05, 4.69) is 15.1 Å². The molecule has 4 rings (SSSR count). The van der Waals surface area contributed by atoms with Crippen LogP contribution in [0.2, 0.25) is 0 Å². The first kappa shape index (κ1) is 21.9. The van der Waals surface area contributed by atoms with Crippen LogP contribution in [0.5, 0.6) is 0 Å². The maximum absolute atomic E-state index is 14.6. The number of hydrogen-bond donors (Lipinski definition) is 0. The number of hydrogen-bond acceptors (Lipinski definition) is 7. The summed E-state index contributed by atoms with van der Waals surface area (Å²) in [7, 11) is 3.75. The van der Waals surface area contributed by atoms with E-state index in [0.717, 1.165) is 18.5 Å². The number of nitrogens with zero attached hydrogens (tertiary/aromatic N) is 6. The van der Waals surface area contributed by atoms with Gasteiger partial charge in [0.2, 0.25) is 17.7 Å². The van der Waals surface area contributed by atoms with Crippen LogP contribution in [-0.2, 0) is 11.2 Å². The fourth-order valence-corrected chi connectivity index (χ4v) is 4.04. The lowest BCUT2D eigenvalue weighted by Crippen LogP contribution is -2.39. The molecule has 8 nitrogen and oxygen atoms in total. The number of rotatable bonds is 6. The normalized spacial score (nSPS) is 16.2. The first-order chi connectivity index (χ1) is 15.4. The second-order valence-corrected chi connectivity index (χ2v) is 8.26. The zero-order valence-electron chi connectivity index (χ0n) is 18.6. The average Bonchev–Trinajstić information content (AvgIpc) is 3.22. The highest BCUT2D eigenvalue weighted by Crippen LogP contribution is 2.35. The number of aromatic nitrogens is 4. The molecule has 9 heteroatoms. The van der Waals surface area contributed by atoms with Gasteiger partial charge in [0.05, 0.1) is 5.69 Å². The number of carbonyl (C=O) groups is 1. The van der Waals surface area contributed by atoms with E-state index in [9.17, 15) is 9.18 Å². The van der Waals surface area contributed by atoms with E-state index in [4.69, 9.17) is 9.51 Å². The van der Waals surface area contributed by atoms with Gasteiger partial charge < -0.3 is 14.3 Å². The Morgan fingerprint density at radius 1 is 1.25 bits per heavy atom. The fraction of sp³-hybridized carbons (Fsp3) is 0.435. The second kappa shape index (κ2) is 9.42. The molecule has 1 aliphatic heterocycles. The van der Waals surface area contributed by atoms with E-state index in [0.29, 0.717) is 54.7 Å². The monoisotopic (exact) mass is 438 g/mol. The quantitative estimate of drug-likeness (QED) is 0.583. The zero-order chi connectivity index (χ0) is 22.7. The number of anilines is 1. The van der Waals surface area contributed by atoms with Crippen molar-refractivity contribution in [1.82, 2.24) is 25.0 Å². The van der Waals surface area contributed by atoms with Gasteiger partial charge >= 0.3 is 0 Å². The minimum atomic E-state index is -0.312. The summed E-state index contributed by atoms with van der Waals surface area (Å²) in [5, 5.41) is 3.77. The minimum absolute atomic E-state index is 0.00495. The molecule has 1 aromatic carbocycles. The molecule has 1 amide bonds. The molecule has 1 fully saturated rings. The summed E-state index contributed by atoms with van der Waals surface area (Å²) in [6, 6.07) is 6.65. The third kappa shape index (κ3) is 4.76. The highest BCUT2D eigenvalue weighted by Gasteiger charge is 2.29. The molecule has 32 heavy (non-hydrogen) atoms. The van der Waals surface area contributed by atoms with Crippen molar-refractivity contribution in [2.45, 2.75) is 38.5 Å². The molecule has 0 unspecified atom stereocenters. The molecule has 1 aliphatic rings. The van der Waals surface area contributed by atoms with Crippen molar-refractivity contribution in [3.05, 3.63) is 53.7 Å². The summed E-state index contributed by atoms with van der Waals surface area (Å²) in [4.78, 5) is 29.9. The van der Waals surface area contributed by atoms with Crippen LogP contribution >= 0.6 is 0 Å². The highest BCUT2D eigenvalue weighted by molar-refractivity contribution is 5.76. The Kier molecular flexibility index (Phi) is 6.43. The molecule has 2 aromatic heterocycles. The average molecular weight is 439 g/mol. The molecular formula is C23H27FN6O2. The van der Waals surface area contributed by atoms with E-state index < -0.39 is 0 Å². The maximum atomic E-state index is 14.6. The van der Waals surface area contributed by atoms with Crippen molar-refractivity contribution in [2.24, 2.45) is 0 Å². The molecule has 1 atom stereocenters. The van der Waals surface area contributed by atoms with Crippen LogP contribution in [0.3, 0.4) is 0 Å². The third-order valence-corrected chi connectivity index (χ3v) is 5.65. The maximum Gasteiger partial charge on any atom is 0.227 e. The number of likely N-dealkylation sites (tertiary alicyclic amines) is 1. The first-order valence-corrected chi connectivity index (χ1v) is 10.8. The summed E-state index contributed by atoms with van der Waals surface area (Å²) < 4.78 is 19.7. The van der Waals surface area contributed by atoms with Crippen molar-refractivity contribution >= 4 is 11.9 Å². The van der Waals surface area contributed by atoms with Gasteiger partial charge in [0.25, 0.3) is 0 Å². The summed E-state index contributed by atoms with van der Waals surface area (Å²) in [6.45, 7) is 2.98. The lowest BCUT2D eigenvalue weighted by atomic mass is 9.89. The SMILES string of the molecule is Cc1noc(CCC(=O)N2CCC[C@H](c3nc(N(C)C)ncc3-c3ccccc3F)C2)n1. The lowest BCUT2D eigenvalue weighted by Gasteiger charge is -2.33. The molecular weight excluding hydrogens is 411 g/mol. The Bertz CT molecular complexity index is 1100. The minimum Gasteiger partial charge on any atom is -0.347 e. The number of halogens is 1. The summed E-state index contributed by atoms with van der Waals surface area (Å²) in [5.41, 5.74) is 1.93. The molecule has 3 heterocycles. The first-order valence-electron chi connectivity index (χ1n) is 10.8. The van der Waals surface area contributed by atoms with Gasteiger partial charge in [-0.3, -0.25) is 4.79 Å². The van der Waals surface area contributed by atoms with Gasteiger partial charge in [-0.1, -0.05) is 23.4 Å². The number of benzene rings is 1. The van der Waals surface area contributed by atoms with Crippen molar-refractivity contribution < 1.29 is 13.7 Å². The summed E-state index contributed by atoms with van der Waals surface area (Å²) >= 11 is 0. The van der Waals surface area contributed by atoms with Gasteiger partial charge in [0, 0.05) is 63.3 Å². The molecule has 0 saturated carbocycles.